The number of nitrogens with two attached hydrogens (primary N) is 1. The van der Waals surface area contributed by atoms with Gasteiger partial charge in [0.1, 0.15) is 0 Å². The van der Waals surface area contributed by atoms with Crippen LogP contribution in [0.15, 0.2) is 53.5 Å². The number of nitrogens with one attached hydrogen (secondary N) is 1. The molecule has 3 N–H and O–H groups in total. The van der Waals surface area contributed by atoms with Crippen LogP contribution in [0.2, 0.25) is 0 Å². The first-order valence-corrected chi connectivity index (χ1v) is 10.3. The normalized spacial score (nSPS) is 11.9. The summed E-state index contributed by atoms with van der Waals surface area (Å²) in [6.45, 7) is 0.320. The Kier molecular flexibility index (Phi) is 7.48. The Labute approximate surface area is 160 Å². The molecule has 0 fully saturated rings. The van der Waals surface area contributed by atoms with Gasteiger partial charge in [-0.15, -0.1) is 0 Å². The number of hydrogen-bond donors (Lipinski definition) is 2. The van der Waals surface area contributed by atoms with E-state index < -0.39 is 9.84 Å². The maximum Gasteiger partial charge on any atom is 0.193 e. The zero-order chi connectivity index (χ0) is 19.7. The van der Waals surface area contributed by atoms with Gasteiger partial charge in [-0.3, -0.25) is 4.99 Å². The molecule has 2 aromatic carbocycles. The van der Waals surface area contributed by atoms with Crippen molar-refractivity contribution >= 4 is 21.5 Å². The minimum absolute atomic E-state index is 0.0386. The summed E-state index contributed by atoms with van der Waals surface area (Å²) >= 11 is 0. The van der Waals surface area contributed by atoms with Crippen molar-refractivity contribution in [1.29, 1.82) is 0 Å². The van der Waals surface area contributed by atoms with Crippen molar-refractivity contribution in [1.82, 2.24) is 0 Å². The van der Waals surface area contributed by atoms with Gasteiger partial charge in [0.2, 0.25) is 0 Å². The van der Waals surface area contributed by atoms with Crippen LogP contribution in [0.5, 0.6) is 11.5 Å². The van der Waals surface area contributed by atoms with Crippen molar-refractivity contribution < 1.29 is 17.9 Å². The molecule has 2 aromatic rings. The molecule has 0 aromatic heterocycles. The summed E-state index contributed by atoms with van der Waals surface area (Å²) in [5, 5.41) is 2.95. The number of rotatable bonds is 9. The lowest BCUT2D eigenvalue weighted by Crippen LogP contribution is -2.23. The van der Waals surface area contributed by atoms with Crippen molar-refractivity contribution in [2.24, 2.45) is 10.7 Å². The zero-order valence-electron chi connectivity index (χ0n) is 15.5. The summed E-state index contributed by atoms with van der Waals surface area (Å²) in [5.74, 6) is 1.50. The van der Waals surface area contributed by atoms with Crippen LogP contribution in [0.4, 0.5) is 5.69 Å². The molecule has 0 amide bonds. The van der Waals surface area contributed by atoms with E-state index in [2.05, 4.69) is 10.3 Å². The summed E-state index contributed by atoms with van der Waals surface area (Å²) in [6.07, 6.45) is 0.406. The third-order valence-electron chi connectivity index (χ3n) is 3.78. The van der Waals surface area contributed by atoms with Crippen LogP contribution < -0.4 is 20.5 Å². The number of guanidine groups is 1. The molecule has 0 saturated carbocycles. The number of hydrogen-bond acceptors (Lipinski definition) is 5. The number of ether oxygens (including phenoxy) is 2. The number of aliphatic imine (C=N–C) groups is 1. The second kappa shape index (κ2) is 9.82. The first kappa shape index (κ1) is 20.6. The Morgan fingerprint density at radius 1 is 1.07 bits per heavy atom. The second-order valence-electron chi connectivity index (χ2n) is 5.89. The van der Waals surface area contributed by atoms with E-state index in [1.54, 1.807) is 44.6 Å². The molecule has 0 aliphatic heterocycles. The Bertz CT molecular complexity index is 868. The van der Waals surface area contributed by atoms with Gasteiger partial charge in [-0.25, -0.2) is 8.42 Å². The van der Waals surface area contributed by atoms with Gasteiger partial charge in [-0.05, 0) is 24.1 Å². The molecule has 0 aliphatic carbocycles. The molecule has 0 atom stereocenters. The molecule has 0 heterocycles. The van der Waals surface area contributed by atoms with Gasteiger partial charge < -0.3 is 20.5 Å². The molecule has 27 heavy (non-hydrogen) atoms. The van der Waals surface area contributed by atoms with E-state index in [0.29, 0.717) is 30.2 Å². The predicted molar refractivity (Wildman–Crippen MR) is 108 cm³/mol. The average molecular weight is 391 g/mol. The smallest absolute Gasteiger partial charge is 0.193 e. The molecule has 0 aliphatic rings. The predicted octanol–water partition coefficient (Wildman–Crippen LogP) is 2.44. The summed E-state index contributed by atoms with van der Waals surface area (Å²) in [4.78, 5) is 4.17. The van der Waals surface area contributed by atoms with E-state index >= 15 is 0 Å². The van der Waals surface area contributed by atoms with Crippen LogP contribution in [0.25, 0.3) is 0 Å². The Balaban J connectivity index is 1.83. The molecule has 0 radical (unpaired) electrons. The first-order chi connectivity index (χ1) is 12.9. The summed E-state index contributed by atoms with van der Waals surface area (Å²) in [7, 11) is -0.0564. The molecule has 146 valence electrons. The van der Waals surface area contributed by atoms with Crippen molar-refractivity contribution in [3.8, 4) is 11.5 Å². The van der Waals surface area contributed by atoms with Crippen LogP contribution in [-0.2, 0) is 15.6 Å². The van der Waals surface area contributed by atoms with Crippen LogP contribution in [-0.4, -0.2) is 40.9 Å². The number of methoxy groups -OCH3 is 2. The molecular weight excluding hydrogens is 366 g/mol. The summed E-state index contributed by atoms with van der Waals surface area (Å²) in [5.41, 5.74) is 7.35. The highest BCUT2D eigenvalue weighted by Gasteiger charge is 2.11. The lowest BCUT2D eigenvalue weighted by molar-refractivity contribution is 0.355. The highest BCUT2D eigenvalue weighted by molar-refractivity contribution is 7.90. The standard InChI is InChI=1S/C19H25N3O4S/c1-25-17-10-9-16(13-18(17)26-2)22-19(20)21-11-6-12-27(23,24)14-15-7-4-3-5-8-15/h3-5,7-10,13H,6,11-12,14H2,1-2H3,(H3,20,21,22). The maximum absolute atomic E-state index is 12.1. The van der Waals surface area contributed by atoms with Crippen LogP contribution in [0.1, 0.15) is 12.0 Å². The summed E-state index contributed by atoms with van der Waals surface area (Å²) in [6, 6.07) is 14.4. The van der Waals surface area contributed by atoms with Crippen LogP contribution >= 0.6 is 0 Å². The highest BCUT2D eigenvalue weighted by atomic mass is 32.2. The minimum Gasteiger partial charge on any atom is -0.493 e. The fourth-order valence-electron chi connectivity index (χ4n) is 2.49. The molecule has 2 rings (SSSR count). The van der Waals surface area contributed by atoms with E-state index in [1.165, 1.54) is 0 Å². The van der Waals surface area contributed by atoms with E-state index in [0.717, 1.165) is 5.56 Å². The largest absolute Gasteiger partial charge is 0.493 e. The van der Waals surface area contributed by atoms with Gasteiger partial charge in [0.05, 0.1) is 25.7 Å². The second-order valence-corrected chi connectivity index (χ2v) is 8.08. The Hall–Kier alpha value is -2.74. The third kappa shape index (κ3) is 6.82. The highest BCUT2D eigenvalue weighted by Crippen LogP contribution is 2.29. The van der Waals surface area contributed by atoms with Gasteiger partial charge in [0.15, 0.2) is 27.3 Å². The van der Waals surface area contributed by atoms with Crippen LogP contribution in [0, 0.1) is 0 Å². The number of anilines is 1. The van der Waals surface area contributed by atoms with Crippen molar-refractivity contribution in [3.05, 3.63) is 54.1 Å². The third-order valence-corrected chi connectivity index (χ3v) is 5.46. The Morgan fingerprint density at radius 2 is 1.78 bits per heavy atom. The topological polar surface area (TPSA) is 103 Å². The minimum atomic E-state index is -3.17. The fourth-order valence-corrected chi connectivity index (χ4v) is 3.90. The fraction of sp³-hybridized carbons (Fsp3) is 0.316. The molecule has 0 bridgehead atoms. The SMILES string of the molecule is COc1ccc(NC(N)=NCCCS(=O)(=O)Cc2ccccc2)cc1OC. The molecule has 7 nitrogen and oxygen atoms in total. The maximum atomic E-state index is 12.1. The monoisotopic (exact) mass is 391 g/mol. The van der Waals surface area contributed by atoms with Crippen molar-refractivity contribution in [2.45, 2.75) is 12.2 Å². The van der Waals surface area contributed by atoms with Crippen molar-refractivity contribution in [3.63, 3.8) is 0 Å². The van der Waals surface area contributed by atoms with Gasteiger partial charge in [0, 0.05) is 18.3 Å². The van der Waals surface area contributed by atoms with Crippen molar-refractivity contribution in [2.75, 3.05) is 31.8 Å². The van der Waals surface area contributed by atoms with Gasteiger partial charge >= 0.3 is 0 Å². The van der Waals surface area contributed by atoms with E-state index in [1.807, 2.05) is 18.2 Å². The number of nitrogens with zero attached hydrogens (tertiary/aromatic N) is 1. The van der Waals surface area contributed by atoms with Gasteiger partial charge in [-0.2, -0.15) is 0 Å². The molecular formula is C19H25N3O4S. The zero-order valence-corrected chi connectivity index (χ0v) is 16.3. The first-order valence-electron chi connectivity index (χ1n) is 8.47. The summed E-state index contributed by atoms with van der Waals surface area (Å²) < 4.78 is 34.7. The van der Waals surface area contributed by atoms with Gasteiger partial charge in [-0.1, -0.05) is 30.3 Å². The number of sulfone groups is 1. The van der Waals surface area contributed by atoms with Crippen LogP contribution in [0.3, 0.4) is 0 Å². The molecule has 8 heteroatoms. The van der Waals surface area contributed by atoms with E-state index in [9.17, 15) is 8.42 Å². The molecule has 0 unspecified atom stereocenters. The van der Waals surface area contributed by atoms with E-state index in [-0.39, 0.29) is 17.5 Å². The lowest BCUT2D eigenvalue weighted by Gasteiger charge is -2.11. The average Bonchev–Trinajstić information content (AvgIpc) is 2.65. The quantitative estimate of drug-likeness (QED) is 0.387. The molecule has 0 spiro atoms. The lowest BCUT2D eigenvalue weighted by atomic mass is 10.2. The van der Waals surface area contributed by atoms with Gasteiger partial charge in [0.25, 0.3) is 0 Å². The molecule has 0 saturated heterocycles. The Morgan fingerprint density at radius 3 is 2.44 bits per heavy atom. The van der Waals surface area contributed by atoms with E-state index in [4.69, 9.17) is 15.2 Å². The number of benzene rings is 2.